The van der Waals surface area contributed by atoms with Gasteiger partial charge in [0.15, 0.2) is 0 Å². The van der Waals surface area contributed by atoms with Gasteiger partial charge in [-0.1, -0.05) is 0 Å². The molecule has 0 aromatic rings. The Morgan fingerprint density at radius 3 is 2.20 bits per heavy atom. The molecular weight excluding hydrogens is 150 g/mol. The molecule has 0 heterocycles. The molecule has 0 spiro atoms. The van der Waals surface area contributed by atoms with Crippen LogP contribution in [0.25, 0.3) is 0 Å². The summed E-state index contributed by atoms with van der Waals surface area (Å²) in [5.41, 5.74) is 6.05. The third kappa shape index (κ3) is 0.949. The van der Waals surface area contributed by atoms with Crippen molar-refractivity contribution in [1.82, 2.24) is 0 Å². The number of aliphatic hydroxyl groups excluding tert-OH is 1. The normalized spacial score (nSPS) is 49.8. The number of fused-ring (bicyclic) bond motifs is 1. The van der Waals surface area contributed by atoms with Crippen LogP contribution in [-0.2, 0) is 0 Å². The molecule has 3 fully saturated rings. The molecule has 1 unspecified atom stereocenters. The van der Waals surface area contributed by atoms with Crippen molar-refractivity contribution < 1.29 is 5.11 Å². The Morgan fingerprint density at radius 1 is 1.40 bits per heavy atom. The zero-order valence-corrected chi connectivity index (χ0v) is 6.73. The topological polar surface area (TPSA) is 46.2 Å². The second kappa shape index (κ2) is 2.36. The van der Waals surface area contributed by atoms with Crippen molar-refractivity contribution in [2.24, 2.45) is 17.6 Å². The molecular formula is C7H14ClNO. The SMILES string of the molecule is Cl.NC12CC(CO)C(C1)C2. The summed E-state index contributed by atoms with van der Waals surface area (Å²) in [7, 11) is 0. The Hall–Kier alpha value is 0.210. The Kier molecular flexibility index (Phi) is 1.96. The molecule has 3 saturated carbocycles. The average Bonchev–Trinajstić information content (AvgIpc) is 2.18. The minimum absolute atomic E-state index is 0. The Balaban J connectivity index is 0.000000500. The zero-order chi connectivity index (χ0) is 6.48. The highest BCUT2D eigenvalue weighted by molar-refractivity contribution is 5.85. The zero-order valence-electron chi connectivity index (χ0n) is 5.92. The lowest BCUT2D eigenvalue weighted by Gasteiger charge is -2.34. The van der Waals surface area contributed by atoms with E-state index >= 15 is 0 Å². The van der Waals surface area contributed by atoms with Crippen LogP contribution in [0.3, 0.4) is 0 Å². The van der Waals surface area contributed by atoms with Crippen LogP contribution in [0, 0.1) is 11.8 Å². The molecule has 3 heteroatoms. The fourth-order valence-corrected chi connectivity index (χ4v) is 2.39. The number of nitrogens with two attached hydrogens (primary N) is 1. The first-order chi connectivity index (χ1) is 4.23. The van der Waals surface area contributed by atoms with E-state index in [-0.39, 0.29) is 17.9 Å². The molecule has 2 nitrogen and oxygen atoms in total. The van der Waals surface area contributed by atoms with Crippen molar-refractivity contribution in [2.45, 2.75) is 24.8 Å². The van der Waals surface area contributed by atoms with Crippen molar-refractivity contribution in [2.75, 3.05) is 6.61 Å². The smallest absolute Gasteiger partial charge is 0.0462 e. The Bertz CT molecular complexity index is 134. The number of hydrogen-bond acceptors (Lipinski definition) is 2. The van der Waals surface area contributed by atoms with Crippen LogP contribution in [0.2, 0.25) is 0 Å². The van der Waals surface area contributed by atoms with E-state index in [1.807, 2.05) is 0 Å². The van der Waals surface area contributed by atoms with E-state index in [9.17, 15) is 0 Å². The lowest BCUT2D eigenvalue weighted by Crippen LogP contribution is -2.44. The summed E-state index contributed by atoms with van der Waals surface area (Å²) < 4.78 is 0. The van der Waals surface area contributed by atoms with Gasteiger partial charge in [0, 0.05) is 12.1 Å². The second-order valence-electron chi connectivity index (χ2n) is 3.68. The van der Waals surface area contributed by atoms with Crippen LogP contribution in [0.15, 0.2) is 0 Å². The molecule has 3 aliphatic carbocycles. The van der Waals surface area contributed by atoms with Gasteiger partial charge in [-0.2, -0.15) is 0 Å². The van der Waals surface area contributed by atoms with Crippen LogP contribution < -0.4 is 5.73 Å². The van der Waals surface area contributed by atoms with Gasteiger partial charge in [0.05, 0.1) is 0 Å². The van der Waals surface area contributed by atoms with Gasteiger partial charge in [-0.05, 0) is 31.1 Å². The van der Waals surface area contributed by atoms with Crippen LogP contribution >= 0.6 is 12.4 Å². The van der Waals surface area contributed by atoms with Crippen LogP contribution in [0.1, 0.15) is 19.3 Å². The van der Waals surface area contributed by atoms with Gasteiger partial charge in [0.1, 0.15) is 0 Å². The summed E-state index contributed by atoms with van der Waals surface area (Å²) in [6, 6.07) is 0. The molecule has 3 rings (SSSR count). The third-order valence-electron chi connectivity index (χ3n) is 2.91. The average molecular weight is 164 g/mol. The van der Waals surface area contributed by atoms with E-state index in [1.54, 1.807) is 0 Å². The summed E-state index contributed by atoms with van der Waals surface area (Å²) in [6.45, 7) is 0.351. The van der Waals surface area contributed by atoms with E-state index in [0.29, 0.717) is 12.5 Å². The molecule has 10 heavy (non-hydrogen) atoms. The van der Waals surface area contributed by atoms with E-state index in [1.165, 1.54) is 0 Å². The van der Waals surface area contributed by atoms with Crippen LogP contribution in [0.4, 0.5) is 0 Å². The number of aliphatic hydroxyl groups is 1. The van der Waals surface area contributed by atoms with Crippen molar-refractivity contribution in [3.05, 3.63) is 0 Å². The number of rotatable bonds is 1. The molecule has 60 valence electrons. The van der Waals surface area contributed by atoms with Gasteiger partial charge in [-0.3, -0.25) is 0 Å². The lowest BCUT2D eigenvalue weighted by atomic mass is 9.77. The van der Waals surface area contributed by atoms with E-state index in [2.05, 4.69) is 0 Å². The van der Waals surface area contributed by atoms with E-state index < -0.39 is 0 Å². The first-order valence-electron chi connectivity index (χ1n) is 3.63. The summed E-state index contributed by atoms with van der Waals surface area (Å²) in [4.78, 5) is 0. The summed E-state index contributed by atoms with van der Waals surface area (Å²) in [5, 5.41) is 8.82. The van der Waals surface area contributed by atoms with Gasteiger partial charge in [0.25, 0.3) is 0 Å². The molecule has 0 saturated heterocycles. The first kappa shape index (κ1) is 8.31. The molecule has 0 radical (unpaired) electrons. The number of hydrogen-bond donors (Lipinski definition) is 2. The predicted molar refractivity (Wildman–Crippen MR) is 42.1 cm³/mol. The molecule has 0 aromatic heterocycles. The van der Waals surface area contributed by atoms with E-state index in [0.717, 1.165) is 25.2 Å². The molecule has 1 atom stereocenters. The molecule has 3 aliphatic rings. The molecule has 0 aliphatic heterocycles. The first-order valence-corrected chi connectivity index (χ1v) is 3.63. The standard InChI is InChI=1S/C7H13NO.ClH/c8-7-1-5(2-7)6(3-7)4-9;/h5-6,9H,1-4,8H2;1H. The molecule has 0 amide bonds. The molecule has 2 bridgehead atoms. The highest BCUT2D eigenvalue weighted by Crippen LogP contribution is 2.53. The van der Waals surface area contributed by atoms with Crippen molar-refractivity contribution in [3.63, 3.8) is 0 Å². The number of halogens is 1. The fraction of sp³-hybridized carbons (Fsp3) is 1.00. The van der Waals surface area contributed by atoms with E-state index in [4.69, 9.17) is 10.8 Å². The second-order valence-corrected chi connectivity index (χ2v) is 3.68. The third-order valence-corrected chi connectivity index (χ3v) is 2.91. The van der Waals surface area contributed by atoms with Gasteiger partial charge < -0.3 is 10.8 Å². The van der Waals surface area contributed by atoms with Crippen molar-refractivity contribution >= 4 is 12.4 Å². The van der Waals surface area contributed by atoms with Crippen molar-refractivity contribution in [1.29, 1.82) is 0 Å². The predicted octanol–water partition coefficient (Wildman–Crippen LogP) is 0.528. The summed E-state index contributed by atoms with van der Waals surface area (Å²) >= 11 is 0. The maximum atomic E-state index is 8.82. The highest BCUT2D eigenvalue weighted by Gasteiger charge is 2.52. The van der Waals surface area contributed by atoms with Crippen molar-refractivity contribution in [3.8, 4) is 0 Å². The van der Waals surface area contributed by atoms with Gasteiger partial charge in [-0.25, -0.2) is 0 Å². The molecule has 0 aromatic carbocycles. The highest BCUT2D eigenvalue weighted by atomic mass is 35.5. The minimum Gasteiger partial charge on any atom is -0.396 e. The fourth-order valence-electron chi connectivity index (χ4n) is 2.39. The van der Waals surface area contributed by atoms with Crippen LogP contribution in [-0.4, -0.2) is 17.3 Å². The Morgan fingerprint density at radius 2 is 2.00 bits per heavy atom. The van der Waals surface area contributed by atoms with Gasteiger partial charge >= 0.3 is 0 Å². The summed E-state index contributed by atoms with van der Waals surface area (Å²) in [6.07, 6.45) is 3.39. The van der Waals surface area contributed by atoms with Crippen LogP contribution in [0.5, 0.6) is 0 Å². The van der Waals surface area contributed by atoms with Gasteiger partial charge in [-0.15, -0.1) is 12.4 Å². The quantitative estimate of drug-likeness (QED) is 0.593. The monoisotopic (exact) mass is 163 g/mol. The summed E-state index contributed by atoms with van der Waals surface area (Å²) in [5.74, 6) is 1.30. The Labute approximate surface area is 67.2 Å². The lowest BCUT2D eigenvalue weighted by molar-refractivity contribution is 0.179. The molecule has 3 N–H and O–H groups in total. The maximum absolute atomic E-state index is 8.82. The minimum atomic E-state index is 0. The van der Waals surface area contributed by atoms with Gasteiger partial charge in [0.2, 0.25) is 0 Å². The largest absolute Gasteiger partial charge is 0.396 e. The maximum Gasteiger partial charge on any atom is 0.0462 e.